The third-order valence-corrected chi connectivity index (χ3v) is 5.54. The molecule has 1 aliphatic rings. The van der Waals surface area contributed by atoms with Gasteiger partial charge in [-0.15, -0.1) is 11.3 Å². The smallest absolute Gasteiger partial charge is 0.407 e. The predicted molar refractivity (Wildman–Crippen MR) is 134 cm³/mol. The lowest BCUT2D eigenvalue weighted by molar-refractivity contribution is 0.0400. The number of allylic oxidation sites excluding steroid dienone is 2. The number of ether oxygens (including phenoxy) is 3. The lowest BCUT2D eigenvalue weighted by Crippen LogP contribution is -2.34. The third kappa shape index (κ3) is 10.0. The highest BCUT2D eigenvalue weighted by Gasteiger charge is 2.31. The van der Waals surface area contributed by atoms with Crippen molar-refractivity contribution in [1.29, 1.82) is 0 Å². The second-order valence-corrected chi connectivity index (χ2v) is 10.1. The van der Waals surface area contributed by atoms with Crippen molar-refractivity contribution in [2.45, 2.75) is 26.4 Å². The molecule has 0 atom stereocenters. The number of rotatable bonds is 14. The number of ketones is 2. The number of thiazole rings is 1. The fraction of sp³-hybridized carbons (Fsp3) is 0.609. The first-order chi connectivity index (χ1) is 17.0. The summed E-state index contributed by atoms with van der Waals surface area (Å²) in [5, 5.41) is 8.25. The van der Waals surface area contributed by atoms with Crippen molar-refractivity contribution < 1.29 is 33.4 Å². The number of likely N-dealkylation sites (N-methyl/N-ethyl adjacent to an activating group) is 1. The Morgan fingerprint density at radius 3 is 2.25 bits per heavy atom. The maximum Gasteiger partial charge on any atom is 0.407 e. The number of Topliss-reactive ketones (excluding diaryl/α,β-unsaturated/α-hetero) is 1. The molecule has 13 heteroatoms. The SMILES string of the molecule is CN(C)CCNC1=CC(=O)c2sc(C(=O)NCCOCCOCCNC(=O)OC(C)(C)C)nc2C1=O. The fourth-order valence-corrected chi connectivity index (χ4v) is 3.74. The summed E-state index contributed by atoms with van der Waals surface area (Å²) in [6, 6.07) is 0. The molecule has 0 aliphatic heterocycles. The monoisotopic (exact) mass is 525 g/mol. The van der Waals surface area contributed by atoms with Crippen molar-refractivity contribution in [2.24, 2.45) is 0 Å². The summed E-state index contributed by atoms with van der Waals surface area (Å²) in [6.45, 7) is 8.28. The van der Waals surface area contributed by atoms with Gasteiger partial charge >= 0.3 is 6.09 Å². The summed E-state index contributed by atoms with van der Waals surface area (Å²) < 4.78 is 15.9. The zero-order valence-corrected chi connectivity index (χ0v) is 22.2. The third-order valence-electron chi connectivity index (χ3n) is 4.47. The van der Waals surface area contributed by atoms with Gasteiger partial charge in [-0.3, -0.25) is 14.4 Å². The van der Waals surface area contributed by atoms with Crippen molar-refractivity contribution in [3.63, 3.8) is 0 Å². The number of alkyl carbamates (subject to hydrolysis) is 1. The van der Waals surface area contributed by atoms with Gasteiger partial charge in [0.2, 0.25) is 5.78 Å². The summed E-state index contributed by atoms with van der Waals surface area (Å²) in [5.41, 5.74) is -0.367. The van der Waals surface area contributed by atoms with Gasteiger partial charge in [0.25, 0.3) is 5.91 Å². The van der Waals surface area contributed by atoms with Crippen molar-refractivity contribution in [3.8, 4) is 0 Å². The molecule has 0 saturated carbocycles. The minimum Gasteiger partial charge on any atom is -0.444 e. The van der Waals surface area contributed by atoms with E-state index in [0.29, 0.717) is 39.5 Å². The van der Waals surface area contributed by atoms with Crippen LogP contribution in [0.25, 0.3) is 0 Å². The van der Waals surface area contributed by atoms with Gasteiger partial charge in [-0.2, -0.15) is 0 Å². The number of nitrogens with one attached hydrogen (secondary N) is 3. The Balaban J connectivity index is 1.63. The van der Waals surface area contributed by atoms with Crippen LogP contribution in [0.3, 0.4) is 0 Å². The van der Waals surface area contributed by atoms with Crippen LogP contribution >= 0.6 is 11.3 Å². The van der Waals surface area contributed by atoms with E-state index in [2.05, 4.69) is 20.9 Å². The van der Waals surface area contributed by atoms with Crippen LogP contribution in [0.5, 0.6) is 0 Å². The second-order valence-electron chi connectivity index (χ2n) is 9.09. The Hall–Kier alpha value is -2.87. The van der Waals surface area contributed by atoms with E-state index in [9.17, 15) is 19.2 Å². The highest BCUT2D eigenvalue weighted by Crippen LogP contribution is 2.25. The molecule has 0 bridgehead atoms. The molecule has 2 rings (SSSR count). The molecule has 0 radical (unpaired) electrons. The van der Waals surface area contributed by atoms with Crippen LogP contribution in [-0.4, -0.2) is 106 Å². The van der Waals surface area contributed by atoms with Crippen LogP contribution < -0.4 is 16.0 Å². The van der Waals surface area contributed by atoms with E-state index in [1.54, 1.807) is 20.8 Å². The molecule has 0 unspecified atom stereocenters. The van der Waals surface area contributed by atoms with Gasteiger partial charge in [0.15, 0.2) is 10.8 Å². The Labute approximate surface area is 214 Å². The van der Waals surface area contributed by atoms with Crippen LogP contribution in [0, 0.1) is 0 Å². The normalized spacial score (nSPS) is 13.3. The van der Waals surface area contributed by atoms with Gasteiger partial charge < -0.3 is 35.1 Å². The number of carbonyl (C=O) groups excluding carboxylic acids is 4. The van der Waals surface area contributed by atoms with Crippen molar-refractivity contribution >= 4 is 34.9 Å². The van der Waals surface area contributed by atoms with Crippen LogP contribution in [0.1, 0.15) is 50.7 Å². The van der Waals surface area contributed by atoms with E-state index in [-0.39, 0.29) is 40.2 Å². The summed E-state index contributed by atoms with van der Waals surface area (Å²) in [5.74, 6) is -1.23. The number of amides is 2. The highest BCUT2D eigenvalue weighted by molar-refractivity contribution is 7.16. The summed E-state index contributed by atoms with van der Waals surface area (Å²) in [7, 11) is 3.81. The van der Waals surface area contributed by atoms with Gasteiger partial charge in [0.05, 0.1) is 32.1 Å². The number of fused-ring (bicyclic) bond motifs is 1. The van der Waals surface area contributed by atoms with Crippen LogP contribution in [0.15, 0.2) is 11.8 Å². The van der Waals surface area contributed by atoms with Crippen molar-refractivity contribution in [1.82, 2.24) is 25.8 Å². The number of hydrogen-bond donors (Lipinski definition) is 3. The van der Waals surface area contributed by atoms with Crippen LogP contribution in [0.2, 0.25) is 0 Å². The van der Waals surface area contributed by atoms with E-state index in [1.807, 2.05) is 19.0 Å². The molecular weight excluding hydrogens is 490 g/mol. The van der Waals surface area contributed by atoms with Crippen molar-refractivity contribution in [2.75, 3.05) is 66.7 Å². The Morgan fingerprint density at radius 1 is 1.00 bits per heavy atom. The van der Waals surface area contributed by atoms with E-state index in [0.717, 1.165) is 11.3 Å². The Kier molecular flexibility index (Phi) is 11.4. The maximum absolute atomic E-state index is 12.6. The summed E-state index contributed by atoms with van der Waals surface area (Å²) in [6.07, 6.45) is 0.755. The van der Waals surface area contributed by atoms with E-state index >= 15 is 0 Å². The molecule has 3 N–H and O–H groups in total. The second kappa shape index (κ2) is 14.0. The molecule has 200 valence electrons. The van der Waals surface area contributed by atoms with Gasteiger partial charge in [-0.05, 0) is 34.9 Å². The van der Waals surface area contributed by atoms with Gasteiger partial charge in [-0.25, -0.2) is 9.78 Å². The summed E-state index contributed by atoms with van der Waals surface area (Å²) in [4.78, 5) is 55.2. The number of hydrogen-bond acceptors (Lipinski definition) is 11. The molecule has 2 amide bonds. The Morgan fingerprint density at radius 2 is 1.64 bits per heavy atom. The molecule has 1 aromatic heterocycles. The molecule has 1 aromatic rings. The zero-order valence-electron chi connectivity index (χ0n) is 21.4. The molecule has 0 fully saturated rings. The predicted octanol–water partition coefficient (Wildman–Crippen LogP) is 0.845. The molecule has 1 heterocycles. The van der Waals surface area contributed by atoms with E-state index in [1.165, 1.54) is 6.08 Å². The Bertz CT molecular complexity index is 969. The van der Waals surface area contributed by atoms with Gasteiger partial charge in [0, 0.05) is 32.3 Å². The molecule has 36 heavy (non-hydrogen) atoms. The standard InChI is InChI=1S/C23H35N5O7S/c1-23(2,3)35-22(32)26-8-11-34-13-12-33-10-7-25-20(31)21-27-17-18(30)15(24-6-9-28(4)5)14-16(29)19(17)36-21/h14,24H,6-13H2,1-5H3,(H,25,31)(H,26,32). The number of nitrogens with zero attached hydrogens (tertiary/aromatic N) is 2. The average molecular weight is 526 g/mol. The largest absolute Gasteiger partial charge is 0.444 e. The highest BCUT2D eigenvalue weighted by atomic mass is 32.1. The van der Waals surface area contributed by atoms with Gasteiger partial charge in [-0.1, -0.05) is 0 Å². The molecule has 1 aliphatic carbocycles. The molecule has 0 aromatic carbocycles. The number of aromatic nitrogens is 1. The van der Waals surface area contributed by atoms with Crippen LogP contribution in [-0.2, 0) is 14.2 Å². The lowest BCUT2D eigenvalue weighted by atomic mass is 10.0. The minimum atomic E-state index is -0.550. The summed E-state index contributed by atoms with van der Waals surface area (Å²) >= 11 is 0.897. The zero-order chi connectivity index (χ0) is 26.7. The molecule has 0 spiro atoms. The first-order valence-electron chi connectivity index (χ1n) is 11.6. The quantitative estimate of drug-likeness (QED) is 0.299. The average Bonchev–Trinajstić information content (AvgIpc) is 3.23. The molecule has 0 saturated heterocycles. The van der Waals surface area contributed by atoms with Crippen LogP contribution in [0.4, 0.5) is 4.79 Å². The lowest BCUT2D eigenvalue weighted by Gasteiger charge is -2.19. The molecule has 12 nitrogen and oxygen atoms in total. The minimum absolute atomic E-state index is 0.000407. The van der Waals surface area contributed by atoms with Crippen molar-refractivity contribution in [3.05, 3.63) is 27.4 Å². The first kappa shape index (κ1) is 29.4. The van der Waals surface area contributed by atoms with E-state index in [4.69, 9.17) is 14.2 Å². The van der Waals surface area contributed by atoms with E-state index < -0.39 is 23.4 Å². The first-order valence-corrected chi connectivity index (χ1v) is 12.4. The van der Waals surface area contributed by atoms with Gasteiger partial charge in [0.1, 0.15) is 16.2 Å². The topological polar surface area (TPSA) is 148 Å². The molecular formula is C23H35N5O7S. The maximum atomic E-state index is 12.6. The fourth-order valence-electron chi connectivity index (χ4n) is 2.85. The number of carbonyl (C=O) groups is 4.